The molecule has 0 saturated carbocycles. The number of methoxy groups -OCH3 is 2. The van der Waals surface area contributed by atoms with Crippen molar-refractivity contribution in [1.82, 2.24) is 0 Å². The Kier molecular flexibility index (Phi) is 6.03. The molecule has 0 radical (unpaired) electrons. The molecule has 3 N–H and O–H groups in total. The number of carbonyl (C=O) groups is 1. The van der Waals surface area contributed by atoms with Crippen LogP contribution in [0.3, 0.4) is 0 Å². The van der Waals surface area contributed by atoms with Crippen LogP contribution in [0.2, 0.25) is 5.02 Å². The number of nitrogen functional groups attached to an aromatic ring is 1. The van der Waals surface area contributed by atoms with Crippen LogP contribution in [0.5, 0.6) is 11.5 Å². The molecule has 24 heavy (non-hydrogen) atoms. The SMILES string of the molecule is COc1ccc(C(N)=[NH+]OC(=O)Cc2ccc(Cl)cc2)cc1OC. The maximum Gasteiger partial charge on any atom is 0.361 e. The van der Waals surface area contributed by atoms with Gasteiger partial charge < -0.3 is 9.47 Å². The number of amidine groups is 1. The minimum atomic E-state index is -0.472. The summed E-state index contributed by atoms with van der Waals surface area (Å²) in [5.41, 5.74) is 7.28. The molecule has 0 atom stereocenters. The summed E-state index contributed by atoms with van der Waals surface area (Å²) in [4.78, 5) is 16.8. The van der Waals surface area contributed by atoms with Gasteiger partial charge in [0.25, 0.3) is 0 Å². The minimum absolute atomic E-state index is 0.101. The second-order valence-corrected chi connectivity index (χ2v) is 5.30. The van der Waals surface area contributed by atoms with Gasteiger partial charge in [0.15, 0.2) is 11.5 Å². The lowest BCUT2D eigenvalue weighted by Gasteiger charge is -2.07. The molecule has 2 aromatic rings. The largest absolute Gasteiger partial charge is 0.493 e. The van der Waals surface area contributed by atoms with Gasteiger partial charge in [-0.25, -0.2) is 4.79 Å². The first-order chi connectivity index (χ1) is 11.5. The van der Waals surface area contributed by atoms with Crippen LogP contribution in [0.1, 0.15) is 11.1 Å². The van der Waals surface area contributed by atoms with Crippen molar-refractivity contribution in [2.45, 2.75) is 6.42 Å². The lowest BCUT2D eigenvalue weighted by molar-refractivity contribution is -0.724. The van der Waals surface area contributed by atoms with E-state index in [2.05, 4.69) is 5.16 Å². The van der Waals surface area contributed by atoms with Crippen LogP contribution in [0.25, 0.3) is 0 Å². The number of hydrogen-bond donors (Lipinski definition) is 2. The van der Waals surface area contributed by atoms with Gasteiger partial charge in [0.05, 0.1) is 26.2 Å². The molecule has 0 amide bonds. The zero-order chi connectivity index (χ0) is 17.5. The second-order valence-electron chi connectivity index (χ2n) is 4.86. The van der Waals surface area contributed by atoms with Gasteiger partial charge in [-0.1, -0.05) is 28.9 Å². The molecule has 2 aromatic carbocycles. The minimum Gasteiger partial charge on any atom is -0.493 e. The Bertz CT molecular complexity index is 745. The van der Waals surface area contributed by atoms with Crippen molar-refractivity contribution in [3.63, 3.8) is 0 Å². The molecule has 6 nitrogen and oxygen atoms in total. The highest BCUT2D eigenvalue weighted by Crippen LogP contribution is 2.26. The van der Waals surface area contributed by atoms with E-state index in [1.54, 1.807) is 49.6 Å². The molecule has 126 valence electrons. The molecule has 0 heterocycles. The zero-order valence-electron chi connectivity index (χ0n) is 13.3. The second kappa shape index (κ2) is 8.21. The van der Waals surface area contributed by atoms with Crippen LogP contribution in [0.15, 0.2) is 42.5 Å². The van der Waals surface area contributed by atoms with Crippen molar-refractivity contribution in [1.29, 1.82) is 0 Å². The normalized spacial score (nSPS) is 11.0. The fraction of sp³-hybridized carbons (Fsp3) is 0.176. The van der Waals surface area contributed by atoms with E-state index in [9.17, 15) is 4.79 Å². The van der Waals surface area contributed by atoms with E-state index in [4.69, 9.17) is 31.6 Å². The predicted octanol–water partition coefficient (Wildman–Crippen LogP) is 0.844. The Morgan fingerprint density at radius 2 is 1.75 bits per heavy atom. The number of hydrogen-bond acceptors (Lipinski definition) is 4. The summed E-state index contributed by atoms with van der Waals surface area (Å²) in [5, 5.41) is 3.05. The number of nitrogens with one attached hydrogen (secondary N) is 1. The average Bonchev–Trinajstić information content (AvgIpc) is 2.61. The summed E-state index contributed by atoms with van der Waals surface area (Å²) in [6, 6.07) is 12.0. The van der Waals surface area contributed by atoms with Crippen LogP contribution < -0.4 is 20.4 Å². The van der Waals surface area contributed by atoms with Crippen LogP contribution in [0.4, 0.5) is 0 Å². The number of ether oxygens (including phenoxy) is 2. The third-order valence-corrected chi connectivity index (χ3v) is 3.48. The number of nitrogens with two attached hydrogens (primary N) is 1. The molecule has 0 saturated heterocycles. The Morgan fingerprint density at radius 1 is 1.08 bits per heavy atom. The monoisotopic (exact) mass is 349 g/mol. The summed E-state index contributed by atoms with van der Waals surface area (Å²) in [7, 11) is 3.07. The van der Waals surface area contributed by atoms with Gasteiger partial charge in [0.2, 0.25) is 0 Å². The summed E-state index contributed by atoms with van der Waals surface area (Å²) < 4.78 is 10.4. The van der Waals surface area contributed by atoms with Crippen molar-refractivity contribution < 1.29 is 24.3 Å². The molecule has 0 bridgehead atoms. The Labute approximate surface area is 144 Å². The lowest BCUT2D eigenvalue weighted by atomic mass is 10.2. The van der Waals surface area contributed by atoms with E-state index < -0.39 is 5.97 Å². The maximum atomic E-state index is 11.8. The molecule has 0 unspecified atom stereocenters. The molecule has 2 rings (SSSR count). The topological polar surface area (TPSA) is 84.8 Å². The van der Waals surface area contributed by atoms with Gasteiger partial charge in [-0.15, -0.1) is 0 Å². The third kappa shape index (κ3) is 4.63. The predicted molar refractivity (Wildman–Crippen MR) is 90.1 cm³/mol. The van der Waals surface area contributed by atoms with Gasteiger partial charge in [-0.05, 0) is 35.9 Å². The number of carbonyl (C=O) groups excluding carboxylic acids is 1. The highest BCUT2D eigenvalue weighted by atomic mass is 35.5. The molecule has 0 aliphatic heterocycles. The molecule has 0 aliphatic rings. The average molecular weight is 350 g/mol. The van der Waals surface area contributed by atoms with E-state index in [0.29, 0.717) is 22.1 Å². The van der Waals surface area contributed by atoms with E-state index in [0.717, 1.165) is 5.56 Å². The quantitative estimate of drug-likeness (QED) is 0.349. The molecule has 0 aromatic heterocycles. The number of halogens is 1. The zero-order valence-corrected chi connectivity index (χ0v) is 14.1. The Hall–Kier alpha value is -2.73. The summed E-state index contributed by atoms with van der Waals surface area (Å²) >= 11 is 5.80. The maximum absolute atomic E-state index is 11.8. The van der Waals surface area contributed by atoms with Gasteiger partial charge in [0.1, 0.15) is 0 Å². The fourth-order valence-corrected chi connectivity index (χ4v) is 2.11. The Balaban J connectivity index is 2.02. The standard InChI is InChI=1S/C17H17ClN2O4/c1-22-14-8-5-12(10-15(14)23-2)17(19)20-24-16(21)9-11-3-6-13(18)7-4-11/h3-8,10H,9H2,1-2H3,(H2,19,20)/p+1. The molecule has 0 aliphatic carbocycles. The smallest absolute Gasteiger partial charge is 0.361 e. The third-order valence-electron chi connectivity index (χ3n) is 3.23. The highest BCUT2D eigenvalue weighted by molar-refractivity contribution is 6.30. The van der Waals surface area contributed by atoms with Gasteiger partial charge in [-0.3, -0.25) is 10.6 Å². The van der Waals surface area contributed by atoms with Gasteiger partial charge in [-0.2, -0.15) is 0 Å². The first-order valence-electron chi connectivity index (χ1n) is 7.08. The van der Waals surface area contributed by atoms with Crippen molar-refractivity contribution in [3.8, 4) is 11.5 Å². The molecular weight excluding hydrogens is 332 g/mol. The lowest BCUT2D eigenvalue weighted by Crippen LogP contribution is -2.75. The van der Waals surface area contributed by atoms with Crippen LogP contribution >= 0.6 is 11.6 Å². The van der Waals surface area contributed by atoms with E-state index in [1.165, 1.54) is 7.11 Å². The van der Waals surface area contributed by atoms with Crippen LogP contribution in [-0.2, 0) is 16.1 Å². The number of benzene rings is 2. The first kappa shape index (κ1) is 17.6. The highest BCUT2D eigenvalue weighted by Gasteiger charge is 2.12. The summed E-state index contributed by atoms with van der Waals surface area (Å²) in [6.07, 6.45) is 0.101. The van der Waals surface area contributed by atoms with Crippen LogP contribution in [0, 0.1) is 0 Å². The van der Waals surface area contributed by atoms with Gasteiger partial charge >= 0.3 is 11.8 Å². The molecular formula is C17H18ClN2O4+. The van der Waals surface area contributed by atoms with Crippen LogP contribution in [-0.4, -0.2) is 26.0 Å². The van der Waals surface area contributed by atoms with Crippen molar-refractivity contribution in [2.75, 3.05) is 14.2 Å². The summed E-state index contributed by atoms with van der Waals surface area (Å²) in [5.74, 6) is 0.808. The van der Waals surface area contributed by atoms with E-state index >= 15 is 0 Å². The van der Waals surface area contributed by atoms with Crippen molar-refractivity contribution in [3.05, 3.63) is 58.6 Å². The molecule has 0 spiro atoms. The first-order valence-corrected chi connectivity index (χ1v) is 7.46. The molecule has 0 fully saturated rings. The van der Waals surface area contributed by atoms with Gasteiger partial charge in [0, 0.05) is 5.02 Å². The van der Waals surface area contributed by atoms with E-state index in [1.807, 2.05) is 0 Å². The summed E-state index contributed by atoms with van der Waals surface area (Å²) in [6.45, 7) is 0. The molecule has 7 heteroatoms. The number of rotatable bonds is 6. The van der Waals surface area contributed by atoms with Crippen molar-refractivity contribution >= 4 is 23.4 Å². The Morgan fingerprint density at radius 3 is 2.38 bits per heavy atom. The fourth-order valence-electron chi connectivity index (χ4n) is 1.98. The van der Waals surface area contributed by atoms with Crippen molar-refractivity contribution in [2.24, 2.45) is 5.73 Å². The van der Waals surface area contributed by atoms with E-state index in [-0.39, 0.29) is 12.3 Å².